The predicted octanol–water partition coefficient (Wildman–Crippen LogP) is 3.46. The van der Waals surface area contributed by atoms with Gasteiger partial charge in [-0.05, 0) is 35.4 Å². The zero-order valence-corrected chi connectivity index (χ0v) is 19.8. The van der Waals surface area contributed by atoms with E-state index in [1.165, 1.54) is 17.0 Å². The fraction of sp³-hybridized carbons (Fsp3) is 0.176. The maximum Gasteiger partial charge on any atom is 0.326 e. The van der Waals surface area contributed by atoms with Gasteiger partial charge in [0.25, 0.3) is 5.91 Å². The van der Waals surface area contributed by atoms with Crippen LogP contribution in [0.15, 0.2) is 24.3 Å². The van der Waals surface area contributed by atoms with Crippen molar-refractivity contribution < 1.29 is 35.6 Å². The number of hydrogen-bond acceptors (Lipinski definition) is 12. The molecule has 1 unspecified atom stereocenters. The number of carbonyl (C=O) groups is 2. The van der Waals surface area contributed by atoms with Crippen LogP contribution in [-0.4, -0.2) is 27.9 Å². The van der Waals surface area contributed by atoms with Crippen LogP contribution < -0.4 is 20.9 Å². The van der Waals surface area contributed by atoms with Crippen molar-refractivity contribution in [2.45, 2.75) is 19.0 Å². The van der Waals surface area contributed by atoms with Gasteiger partial charge in [0.1, 0.15) is 6.04 Å². The molecule has 3 rings (SSSR count). The van der Waals surface area contributed by atoms with E-state index in [1.54, 1.807) is 12.1 Å². The molecule has 2 aromatic carbocycles. The number of thiol groups is 5. The van der Waals surface area contributed by atoms with Crippen LogP contribution in [0.3, 0.4) is 0 Å². The average molecular weight is 522 g/mol. The normalized spacial score (nSPS) is 15.0. The van der Waals surface area contributed by atoms with Gasteiger partial charge in [-0.2, -0.15) is 0 Å². The summed E-state index contributed by atoms with van der Waals surface area (Å²) in [5, 5.41) is 9.76. The summed E-state index contributed by atoms with van der Waals surface area (Å²) in [4.78, 5) is 26.5. The molecule has 0 aliphatic carbocycles. The molecule has 9 nitrogen and oxygen atoms in total. The minimum Gasteiger partial charge on any atom is -0.480 e. The van der Waals surface area contributed by atoms with Gasteiger partial charge in [0.15, 0.2) is 23.0 Å². The number of fused-ring (bicyclic) bond motifs is 1. The van der Waals surface area contributed by atoms with Crippen molar-refractivity contribution in [2.75, 3.05) is 0 Å². The number of rotatable bonds is 7. The molecule has 0 saturated carbocycles. The SMILES string of the molecule is O=C(O)C1Cc2cc(OS)c(OS)cc2CN1C(=O)c1cc(OS)c(OS)c(OS)c1. The van der Waals surface area contributed by atoms with Crippen LogP contribution in [0.2, 0.25) is 0 Å². The first-order valence-corrected chi connectivity index (χ1v) is 10.2. The van der Waals surface area contributed by atoms with Crippen molar-refractivity contribution in [2.24, 2.45) is 0 Å². The molecule has 2 aromatic rings. The Bertz CT molecular complexity index is 995. The molecule has 166 valence electrons. The van der Waals surface area contributed by atoms with Crippen molar-refractivity contribution in [3.8, 4) is 28.7 Å². The highest BCUT2D eigenvalue weighted by atomic mass is 32.1. The van der Waals surface area contributed by atoms with E-state index >= 15 is 0 Å². The van der Waals surface area contributed by atoms with E-state index < -0.39 is 17.9 Å². The lowest BCUT2D eigenvalue weighted by Gasteiger charge is -2.35. The zero-order valence-electron chi connectivity index (χ0n) is 15.3. The molecule has 0 bridgehead atoms. The molecular weight excluding hydrogens is 507 g/mol. The van der Waals surface area contributed by atoms with Crippen molar-refractivity contribution in [3.63, 3.8) is 0 Å². The van der Waals surface area contributed by atoms with Crippen LogP contribution in [0, 0.1) is 0 Å². The Morgan fingerprint density at radius 3 is 1.77 bits per heavy atom. The Kier molecular flexibility index (Phi) is 7.80. The second kappa shape index (κ2) is 10.2. The highest BCUT2D eigenvalue weighted by molar-refractivity contribution is 7.76. The fourth-order valence-electron chi connectivity index (χ4n) is 3.26. The maximum atomic E-state index is 13.3. The minimum absolute atomic E-state index is 0.0128. The van der Waals surface area contributed by atoms with Crippen molar-refractivity contribution in [1.82, 2.24) is 4.90 Å². The third-order valence-electron chi connectivity index (χ3n) is 4.69. The van der Waals surface area contributed by atoms with Gasteiger partial charge in [0.05, 0.1) is 0 Å². The molecule has 1 atom stereocenters. The third kappa shape index (κ3) is 4.67. The Morgan fingerprint density at radius 1 is 0.806 bits per heavy atom. The van der Waals surface area contributed by atoms with E-state index in [0.29, 0.717) is 11.1 Å². The Morgan fingerprint density at radius 2 is 1.32 bits per heavy atom. The molecular formula is C17H15NO8S5. The molecule has 1 aliphatic rings. The Balaban J connectivity index is 2.05. The largest absolute Gasteiger partial charge is 0.480 e. The van der Waals surface area contributed by atoms with Gasteiger partial charge in [0.2, 0.25) is 5.75 Å². The van der Waals surface area contributed by atoms with E-state index in [-0.39, 0.29) is 47.3 Å². The minimum atomic E-state index is -1.17. The average Bonchev–Trinajstić information content (AvgIpc) is 2.80. The summed E-state index contributed by atoms with van der Waals surface area (Å²) in [6.45, 7) is -0.0128. The lowest BCUT2D eigenvalue weighted by atomic mass is 9.92. The smallest absolute Gasteiger partial charge is 0.326 e. The van der Waals surface area contributed by atoms with Gasteiger partial charge in [0, 0.05) is 83.1 Å². The summed E-state index contributed by atoms with van der Waals surface area (Å²) >= 11 is 18.8. The zero-order chi connectivity index (χ0) is 22.7. The highest BCUT2D eigenvalue weighted by Crippen LogP contribution is 2.42. The van der Waals surface area contributed by atoms with Crippen LogP contribution in [0.1, 0.15) is 21.5 Å². The molecule has 14 heteroatoms. The molecule has 1 heterocycles. The van der Waals surface area contributed by atoms with Crippen molar-refractivity contribution in [3.05, 3.63) is 41.0 Å². The summed E-state index contributed by atoms with van der Waals surface area (Å²) in [7, 11) is 0. The van der Waals surface area contributed by atoms with E-state index in [1.807, 2.05) is 0 Å². The second-order valence-corrected chi connectivity index (χ2v) is 7.23. The first kappa shape index (κ1) is 23.8. The monoisotopic (exact) mass is 521 g/mol. The highest BCUT2D eigenvalue weighted by Gasteiger charge is 2.36. The van der Waals surface area contributed by atoms with Gasteiger partial charge in [-0.25, -0.2) is 4.79 Å². The molecule has 0 saturated heterocycles. The standard InChI is InChI=1S/C17H15NO8S5/c19-16(8-3-13(24-29)15(26-31)14(4-8)25-30)18-6-9-5-12(23-28)11(22-27)2-7(9)1-10(18)17(20)21/h2-5,10,27-31H,1,6H2,(H,20,21). The summed E-state index contributed by atoms with van der Waals surface area (Å²) in [5.74, 6) is -1.13. The summed E-state index contributed by atoms with van der Waals surface area (Å²) in [5.41, 5.74) is 1.40. The topological polar surface area (TPSA) is 104 Å². The van der Waals surface area contributed by atoms with Crippen LogP contribution in [0.25, 0.3) is 0 Å². The first-order chi connectivity index (χ1) is 14.9. The molecule has 31 heavy (non-hydrogen) atoms. The number of amides is 1. The van der Waals surface area contributed by atoms with Crippen LogP contribution in [-0.2, 0) is 17.8 Å². The Hall–Kier alpha value is -1.87. The van der Waals surface area contributed by atoms with E-state index in [0.717, 1.165) is 0 Å². The summed E-state index contributed by atoms with van der Waals surface area (Å²) in [6.07, 6.45) is 0.0388. The molecule has 0 fully saturated rings. The number of nitrogens with zero attached hydrogens (tertiary/aromatic N) is 1. The first-order valence-electron chi connectivity index (χ1n) is 8.33. The molecule has 0 radical (unpaired) electrons. The van der Waals surface area contributed by atoms with Crippen LogP contribution >= 0.6 is 64.5 Å². The Labute approximate surface area is 205 Å². The van der Waals surface area contributed by atoms with Gasteiger partial charge in [-0.15, -0.1) is 0 Å². The molecule has 0 aromatic heterocycles. The number of benzene rings is 2. The van der Waals surface area contributed by atoms with Gasteiger partial charge in [-0.3, -0.25) is 4.79 Å². The quantitative estimate of drug-likeness (QED) is 0.243. The lowest BCUT2D eigenvalue weighted by Crippen LogP contribution is -2.48. The van der Waals surface area contributed by atoms with Crippen molar-refractivity contribution in [1.29, 1.82) is 0 Å². The molecule has 1 aliphatic heterocycles. The van der Waals surface area contributed by atoms with E-state index in [9.17, 15) is 14.7 Å². The fourth-order valence-corrected chi connectivity index (χ4v) is 4.00. The van der Waals surface area contributed by atoms with Crippen LogP contribution in [0.4, 0.5) is 0 Å². The number of carboxylic acids is 1. The van der Waals surface area contributed by atoms with Gasteiger partial charge >= 0.3 is 5.97 Å². The number of carbonyl (C=O) groups excluding carboxylic acids is 1. The summed E-state index contributed by atoms with van der Waals surface area (Å²) < 4.78 is 24.6. The van der Waals surface area contributed by atoms with E-state index in [4.69, 9.17) is 20.9 Å². The maximum absolute atomic E-state index is 13.3. The van der Waals surface area contributed by atoms with Crippen molar-refractivity contribution >= 4 is 76.4 Å². The van der Waals surface area contributed by atoms with Crippen LogP contribution in [0.5, 0.6) is 28.7 Å². The molecule has 1 amide bonds. The number of hydrogen-bond donors (Lipinski definition) is 6. The lowest BCUT2D eigenvalue weighted by molar-refractivity contribution is -0.142. The third-order valence-corrected chi connectivity index (χ3v) is 5.66. The predicted molar refractivity (Wildman–Crippen MR) is 126 cm³/mol. The van der Waals surface area contributed by atoms with Gasteiger partial charge < -0.3 is 30.9 Å². The number of carboxylic acid groups (broad SMARTS) is 1. The van der Waals surface area contributed by atoms with Gasteiger partial charge in [-0.1, -0.05) is 0 Å². The number of aliphatic carboxylic acids is 1. The molecule has 0 spiro atoms. The molecule has 1 N–H and O–H groups in total. The second-order valence-electron chi connectivity index (χ2n) is 6.32. The summed E-state index contributed by atoms with van der Waals surface area (Å²) in [6, 6.07) is 4.72. The van der Waals surface area contributed by atoms with E-state index in [2.05, 4.69) is 64.5 Å².